The average Bonchev–Trinajstić information content (AvgIpc) is 4.10. The number of fused-ring (bicyclic) bond motifs is 4. The third-order valence-corrected chi connectivity index (χ3v) is 14.7. The summed E-state index contributed by atoms with van der Waals surface area (Å²) in [6.45, 7) is 17.9. The van der Waals surface area contributed by atoms with Gasteiger partial charge in [-0.2, -0.15) is 0 Å². The number of carbonyl (C=O) groups is 2. The molecule has 73 heavy (non-hydrogen) atoms. The van der Waals surface area contributed by atoms with Crippen molar-refractivity contribution in [3.8, 4) is 23.0 Å². The van der Waals surface area contributed by atoms with E-state index in [4.69, 9.17) is 9.47 Å². The predicted octanol–water partition coefficient (Wildman–Crippen LogP) is 10.7. The molecule has 0 unspecified atom stereocenters. The molecule has 16 heteroatoms. The van der Waals surface area contributed by atoms with Gasteiger partial charge in [-0.1, -0.05) is 65.8 Å². The molecule has 2 aromatic heterocycles. The number of halogens is 4. The highest BCUT2D eigenvalue weighted by atomic mass is 19.3. The molecule has 2 atom stereocenters. The summed E-state index contributed by atoms with van der Waals surface area (Å²) >= 11 is 0. The van der Waals surface area contributed by atoms with Crippen LogP contribution in [0.4, 0.5) is 17.6 Å². The lowest BCUT2D eigenvalue weighted by Gasteiger charge is -2.24. The number of nitrogens with zero attached hydrogens (tertiary/aromatic N) is 2. The van der Waals surface area contributed by atoms with E-state index in [0.717, 1.165) is 38.6 Å². The van der Waals surface area contributed by atoms with Gasteiger partial charge in [0.15, 0.2) is 28.8 Å². The number of carbonyl (C=O) groups excluding carboxylic acids is 2. The lowest BCUT2D eigenvalue weighted by Crippen LogP contribution is -2.26. The number of hydrogen-bond acceptors (Lipinski definition) is 10. The van der Waals surface area contributed by atoms with Crippen molar-refractivity contribution in [2.75, 3.05) is 13.2 Å². The van der Waals surface area contributed by atoms with Crippen LogP contribution in [0.25, 0.3) is 21.8 Å². The highest BCUT2D eigenvalue weighted by Gasteiger charge is 2.53. The third kappa shape index (κ3) is 9.95. The first-order valence-electron chi connectivity index (χ1n) is 24.9. The molecule has 0 bridgehead atoms. The van der Waals surface area contributed by atoms with Gasteiger partial charge in [-0.05, 0) is 122 Å². The highest BCUT2D eigenvalue weighted by molar-refractivity contribution is 5.96. The van der Waals surface area contributed by atoms with Gasteiger partial charge >= 0.3 is 12.6 Å². The summed E-state index contributed by atoms with van der Waals surface area (Å²) in [6.07, 6.45) is -5.09. The second kappa shape index (κ2) is 17.6. The second-order valence-corrected chi connectivity index (χ2v) is 22.9. The topological polar surface area (TPSA) is 140 Å². The Morgan fingerprint density at radius 3 is 1.48 bits per heavy atom. The Morgan fingerprint density at radius 1 is 0.630 bits per heavy atom. The molecule has 2 N–H and O–H groups in total. The highest BCUT2D eigenvalue weighted by Crippen LogP contribution is 2.54. The van der Waals surface area contributed by atoms with Gasteiger partial charge in [0.2, 0.25) is 0 Å². The van der Waals surface area contributed by atoms with Crippen molar-refractivity contribution in [2.45, 2.75) is 159 Å². The number of ether oxygens (including phenoxy) is 6. The zero-order chi connectivity index (χ0) is 52.3. The zero-order valence-corrected chi connectivity index (χ0v) is 42.4. The van der Waals surface area contributed by atoms with Gasteiger partial charge in [-0.3, -0.25) is 9.59 Å². The van der Waals surface area contributed by atoms with Crippen LogP contribution >= 0.6 is 0 Å². The van der Waals surface area contributed by atoms with Crippen molar-refractivity contribution in [2.24, 2.45) is 0 Å². The van der Waals surface area contributed by atoms with E-state index in [0.29, 0.717) is 50.0 Å². The SMILES string of the molecule is CC(C)(C)c1cc2cc(CC(=O)C3(c4ccc5c(c4)OC(F)(F)O5)CC3)ccc2n1C[C@@H](O)CO.CC1(C)OC[C@@H](Cn2c(C(C)(C)C)cc3cc(CC(=O)C4(c5ccc6c(c5)OC(F)(F)O6)CC4)ccc32)O1. The summed E-state index contributed by atoms with van der Waals surface area (Å²) in [7, 11) is 0. The van der Waals surface area contributed by atoms with Gasteiger partial charge in [-0.25, -0.2) is 0 Å². The van der Waals surface area contributed by atoms with Crippen LogP contribution in [-0.2, 0) is 66.7 Å². The van der Waals surface area contributed by atoms with Gasteiger partial charge in [0.1, 0.15) is 17.7 Å². The number of ketones is 2. The molecule has 5 heterocycles. The maximum absolute atomic E-state index is 13.5. The van der Waals surface area contributed by atoms with Gasteiger partial charge in [-0.15, -0.1) is 17.6 Å². The molecule has 0 radical (unpaired) electrons. The van der Waals surface area contributed by atoms with E-state index in [9.17, 15) is 37.4 Å². The molecule has 6 aromatic rings. The maximum Gasteiger partial charge on any atom is 0.586 e. The number of hydrogen-bond donors (Lipinski definition) is 2. The van der Waals surface area contributed by atoms with Crippen molar-refractivity contribution in [3.63, 3.8) is 0 Å². The van der Waals surface area contributed by atoms with Crippen LogP contribution in [0.2, 0.25) is 0 Å². The van der Waals surface area contributed by atoms with E-state index in [1.54, 1.807) is 12.1 Å². The van der Waals surface area contributed by atoms with E-state index < -0.39 is 35.3 Å². The Bertz CT molecular complexity index is 3150. The van der Waals surface area contributed by atoms with Crippen LogP contribution in [0.1, 0.15) is 115 Å². The number of benzene rings is 4. The summed E-state index contributed by atoms with van der Waals surface area (Å²) in [5.41, 5.74) is 5.78. The molecule has 12 nitrogen and oxygen atoms in total. The minimum absolute atomic E-state index is 0.00950. The minimum atomic E-state index is -3.69. The molecule has 11 rings (SSSR count). The van der Waals surface area contributed by atoms with E-state index in [1.807, 2.05) is 42.7 Å². The monoisotopic (exact) mass is 1010 g/mol. The van der Waals surface area contributed by atoms with Crippen LogP contribution in [-0.4, -0.2) is 74.7 Å². The number of aromatic nitrogens is 2. The number of alkyl halides is 4. The molecular weight excluding hydrogens is 949 g/mol. The average molecular weight is 1010 g/mol. The summed E-state index contributed by atoms with van der Waals surface area (Å²) in [5.74, 6) is -0.577. The van der Waals surface area contributed by atoms with Crippen LogP contribution < -0.4 is 18.9 Å². The van der Waals surface area contributed by atoms with Crippen molar-refractivity contribution in [1.82, 2.24) is 9.13 Å². The molecule has 2 saturated carbocycles. The van der Waals surface area contributed by atoms with E-state index in [2.05, 4.69) is 89.3 Å². The first-order valence-corrected chi connectivity index (χ1v) is 24.9. The number of aliphatic hydroxyl groups excluding tert-OH is 2. The fourth-order valence-corrected chi connectivity index (χ4v) is 10.7. The first kappa shape index (κ1) is 50.6. The van der Waals surface area contributed by atoms with Gasteiger partial charge in [0.05, 0.1) is 43.2 Å². The largest absolute Gasteiger partial charge is 0.586 e. The summed E-state index contributed by atoms with van der Waals surface area (Å²) in [5, 5.41) is 21.5. The molecule has 2 aliphatic carbocycles. The predicted molar refractivity (Wildman–Crippen MR) is 264 cm³/mol. The number of rotatable bonds is 13. The molecule has 3 fully saturated rings. The quantitative estimate of drug-likeness (QED) is 0.107. The van der Waals surface area contributed by atoms with Crippen LogP contribution in [0, 0.1) is 0 Å². The fourth-order valence-electron chi connectivity index (χ4n) is 10.7. The van der Waals surface area contributed by atoms with Gasteiger partial charge in [0.25, 0.3) is 0 Å². The van der Waals surface area contributed by atoms with Crippen molar-refractivity contribution < 1.29 is 65.8 Å². The Morgan fingerprint density at radius 2 is 1.07 bits per heavy atom. The second-order valence-electron chi connectivity index (χ2n) is 22.9. The van der Waals surface area contributed by atoms with Crippen LogP contribution in [0.3, 0.4) is 0 Å². The Kier molecular flexibility index (Phi) is 12.2. The van der Waals surface area contributed by atoms with Crippen LogP contribution in [0.5, 0.6) is 23.0 Å². The number of aliphatic hydroxyl groups is 2. The molecular formula is C57H62F4N2O10. The normalized spacial score (nSPS) is 20.7. The van der Waals surface area contributed by atoms with E-state index in [-0.39, 0.29) is 77.5 Å². The summed E-state index contributed by atoms with van der Waals surface area (Å²) < 4.78 is 88.2. The summed E-state index contributed by atoms with van der Waals surface area (Å²) in [6, 6.07) is 25.6. The Labute approximate surface area is 421 Å². The molecule has 4 aromatic carbocycles. The Balaban J connectivity index is 0.000000168. The molecule has 0 amide bonds. The fraction of sp³-hybridized carbons (Fsp3) is 0.474. The smallest absolute Gasteiger partial charge is 0.395 e. The third-order valence-electron chi connectivity index (χ3n) is 14.7. The van der Waals surface area contributed by atoms with Crippen molar-refractivity contribution in [3.05, 3.63) is 119 Å². The van der Waals surface area contributed by atoms with Crippen molar-refractivity contribution >= 4 is 33.4 Å². The molecule has 0 spiro atoms. The molecule has 388 valence electrons. The Hall–Kier alpha value is -5.94. The van der Waals surface area contributed by atoms with E-state index in [1.165, 1.54) is 30.0 Å². The summed E-state index contributed by atoms with van der Waals surface area (Å²) in [4.78, 5) is 26.9. The molecule has 1 saturated heterocycles. The molecule has 5 aliphatic rings. The lowest BCUT2D eigenvalue weighted by molar-refractivity contribution is -0.287. The zero-order valence-electron chi connectivity index (χ0n) is 42.4. The number of Topliss-reactive ketones (excluding diaryl/α,β-unsaturated/α-hetero) is 2. The lowest BCUT2D eigenvalue weighted by atomic mass is 9.87. The van der Waals surface area contributed by atoms with Gasteiger partial charge < -0.3 is 47.8 Å². The van der Waals surface area contributed by atoms with Crippen molar-refractivity contribution in [1.29, 1.82) is 0 Å². The maximum atomic E-state index is 13.5. The van der Waals surface area contributed by atoms with Gasteiger partial charge in [0, 0.05) is 56.9 Å². The van der Waals surface area contributed by atoms with Crippen LogP contribution in [0.15, 0.2) is 84.9 Å². The first-order chi connectivity index (χ1) is 34.2. The van der Waals surface area contributed by atoms with E-state index >= 15 is 0 Å². The minimum Gasteiger partial charge on any atom is -0.395 e. The molecule has 3 aliphatic heterocycles. The standard InChI is InChI=1S/C30H33F2NO5.C27H29F2NO5/c1-27(2,3)25-14-19-12-18(6-8-22(19)33(25)16-21-17-35-28(4,5)36-21)13-26(34)29(10-11-29)20-7-9-23-24(15-20)38-30(31,32)37-23;1-25(2,3)23-12-17-10-16(4-6-20(17)30(23)14-19(32)15-31)11-24(33)26(8-9-26)18-5-7-21-22(13-18)35-27(28,29)34-21/h6-9,12,14-15,21H,10-11,13,16-17H2,1-5H3;4-7,10,12-13,19,31-32H,8-9,11,14-15H2,1-3H3/t21-;19-/m11/s1.